The molecule has 0 saturated heterocycles. The number of aromatic hydroxyl groups is 1. The van der Waals surface area contributed by atoms with E-state index in [1.165, 1.54) is 10.6 Å². The Labute approximate surface area is 159 Å². The Bertz CT molecular complexity index is 1070. The van der Waals surface area contributed by atoms with Gasteiger partial charge >= 0.3 is 5.97 Å². The Hall–Kier alpha value is -3.32. The fourth-order valence-electron chi connectivity index (χ4n) is 2.31. The Morgan fingerprint density at radius 1 is 1.26 bits per heavy atom. The summed E-state index contributed by atoms with van der Waals surface area (Å²) >= 11 is 5.84. The Morgan fingerprint density at radius 2 is 2.00 bits per heavy atom. The van der Waals surface area contributed by atoms with Crippen LogP contribution in [0.5, 0.6) is 11.6 Å². The SMILES string of the molecule is CCOC(=O)C(=Cc1c(O)nc2ccccn2c1=O)Oc1ccc(Cl)cc1. The van der Waals surface area contributed by atoms with Crippen molar-refractivity contribution in [3.8, 4) is 11.6 Å². The fraction of sp³-hybridized carbons (Fsp3) is 0.105. The highest BCUT2D eigenvalue weighted by Crippen LogP contribution is 2.21. The zero-order chi connectivity index (χ0) is 19.4. The number of carbonyl (C=O) groups excluding carboxylic acids is 1. The first-order valence-corrected chi connectivity index (χ1v) is 8.40. The van der Waals surface area contributed by atoms with Crippen molar-refractivity contribution in [1.82, 2.24) is 9.38 Å². The van der Waals surface area contributed by atoms with E-state index in [2.05, 4.69) is 4.98 Å². The predicted molar refractivity (Wildman–Crippen MR) is 99.8 cm³/mol. The van der Waals surface area contributed by atoms with Gasteiger partial charge in [-0.1, -0.05) is 17.7 Å². The van der Waals surface area contributed by atoms with E-state index in [1.807, 2.05) is 0 Å². The van der Waals surface area contributed by atoms with Gasteiger partial charge in [-0.3, -0.25) is 9.20 Å². The molecule has 138 valence electrons. The molecular weight excluding hydrogens is 372 g/mol. The molecule has 1 N–H and O–H groups in total. The van der Waals surface area contributed by atoms with Gasteiger partial charge in [-0.2, -0.15) is 4.98 Å². The van der Waals surface area contributed by atoms with Gasteiger partial charge in [-0.15, -0.1) is 0 Å². The number of esters is 1. The van der Waals surface area contributed by atoms with Crippen LogP contribution in [0.25, 0.3) is 11.7 Å². The van der Waals surface area contributed by atoms with E-state index in [0.717, 1.165) is 6.08 Å². The van der Waals surface area contributed by atoms with E-state index in [9.17, 15) is 14.7 Å². The first kappa shape index (κ1) is 18.5. The topological polar surface area (TPSA) is 90.1 Å². The third-order valence-corrected chi connectivity index (χ3v) is 3.79. The molecule has 0 radical (unpaired) electrons. The molecule has 3 aromatic rings. The van der Waals surface area contributed by atoms with Crippen LogP contribution in [0.2, 0.25) is 5.02 Å². The number of carbonyl (C=O) groups is 1. The molecule has 0 saturated carbocycles. The molecule has 1 aromatic carbocycles. The van der Waals surface area contributed by atoms with Crippen LogP contribution in [-0.4, -0.2) is 27.1 Å². The van der Waals surface area contributed by atoms with Crippen molar-refractivity contribution in [2.45, 2.75) is 6.92 Å². The molecule has 2 aromatic heterocycles. The van der Waals surface area contributed by atoms with Crippen molar-refractivity contribution >= 4 is 29.3 Å². The van der Waals surface area contributed by atoms with Crippen molar-refractivity contribution in [2.24, 2.45) is 0 Å². The number of rotatable bonds is 5. The van der Waals surface area contributed by atoms with E-state index in [-0.39, 0.29) is 23.6 Å². The maximum atomic E-state index is 12.7. The van der Waals surface area contributed by atoms with Crippen LogP contribution in [0.4, 0.5) is 0 Å². The number of pyridine rings is 1. The van der Waals surface area contributed by atoms with Crippen molar-refractivity contribution in [1.29, 1.82) is 0 Å². The highest BCUT2D eigenvalue weighted by atomic mass is 35.5. The first-order chi connectivity index (χ1) is 13.0. The van der Waals surface area contributed by atoms with Gasteiger partial charge in [0.2, 0.25) is 11.6 Å². The minimum absolute atomic E-state index is 0.112. The monoisotopic (exact) mass is 386 g/mol. The molecule has 8 heteroatoms. The summed E-state index contributed by atoms with van der Waals surface area (Å²) in [7, 11) is 0. The third-order valence-electron chi connectivity index (χ3n) is 3.54. The normalized spacial score (nSPS) is 11.4. The summed E-state index contributed by atoms with van der Waals surface area (Å²) in [5.41, 5.74) is -0.483. The van der Waals surface area contributed by atoms with Crippen molar-refractivity contribution in [3.63, 3.8) is 0 Å². The van der Waals surface area contributed by atoms with E-state index in [4.69, 9.17) is 21.1 Å². The highest BCUT2D eigenvalue weighted by molar-refractivity contribution is 6.30. The summed E-state index contributed by atoms with van der Waals surface area (Å²) in [6.45, 7) is 1.75. The molecule has 0 aliphatic carbocycles. The number of ether oxygens (including phenoxy) is 2. The highest BCUT2D eigenvalue weighted by Gasteiger charge is 2.18. The van der Waals surface area contributed by atoms with Crippen LogP contribution < -0.4 is 10.3 Å². The quantitative estimate of drug-likeness (QED) is 0.412. The number of fused-ring (bicyclic) bond motifs is 1. The van der Waals surface area contributed by atoms with Gasteiger partial charge in [-0.25, -0.2) is 4.79 Å². The number of halogens is 1. The molecule has 2 heterocycles. The van der Waals surface area contributed by atoms with Crippen LogP contribution in [0.15, 0.2) is 59.2 Å². The molecule has 0 bridgehead atoms. The fourth-order valence-corrected chi connectivity index (χ4v) is 2.44. The summed E-state index contributed by atoms with van der Waals surface area (Å²) in [5.74, 6) is -1.27. The molecule has 27 heavy (non-hydrogen) atoms. The maximum absolute atomic E-state index is 12.7. The molecule has 0 unspecified atom stereocenters. The smallest absolute Gasteiger partial charge is 0.374 e. The molecular formula is C19H15ClN2O5. The average molecular weight is 387 g/mol. The van der Waals surface area contributed by atoms with Gasteiger partial charge in [0.15, 0.2) is 0 Å². The molecule has 7 nitrogen and oxygen atoms in total. The molecule has 0 aliphatic rings. The number of hydrogen-bond donors (Lipinski definition) is 1. The van der Waals surface area contributed by atoms with Crippen molar-refractivity contribution < 1.29 is 19.4 Å². The lowest BCUT2D eigenvalue weighted by molar-refractivity contribution is -0.140. The van der Waals surface area contributed by atoms with Gasteiger partial charge in [0.25, 0.3) is 5.56 Å². The van der Waals surface area contributed by atoms with Crippen LogP contribution >= 0.6 is 11.6 Å². The van der Waals surface area contributed by atoms with Crippen LogP contribution in [0.1, 0.15) is 12.5 Å². The number of aromatic nitrogens is 2. The number of nitrogens with zero attached hydrogens (tertiary/aromatic N) is 2. The van der Waals surface area contributed by atoms with Crippen LogP contribution in [0.3, 0.4) is 0 Å². The molecule has 0 amide bonds. The third kappa shape index (κ3) is 4.09. The van der Waals surface area contributed by atoms with Gasteiger partial charge < -0.3 is 14.6 Å². The molecule has 0 spiro atoms. The Morgan fingerprint density at radius 3 is 2.70 bits per heavy atom. The molecule has 0 atom stereocenters. The maximum Gasteiger partial charge on any atom is 0.374 e. The van der Waals surface area contributed by atoms with E-state index >= 15 is 0 Å². The van der Waals surface area contributed by atoms with E-state index in [0.29, 0.717) is 10.8 Å². The van der Waals surface area contributed by atoms with E-state index < -0.39 is 17.4 Å². The largest absolute Gasteiger partial charge is 0.493 e. The standard InChI is InChI=1S/C19H15ClN2O5/c1-2-26-19(25)15(27-13-8-6-12(20)7-9-13)11-14-17(23)21-16-5-3-4-10-22(16)18(14)24/h3-11,23H,2H2,1H3. The van der Waals surface area contributed by atoms with Crippen LogP contribution in [0, 0.1) is 0 Å². The average Bonchev–Trinajstić information content (AvgIpc) is 2.66. The second kappa shape index (κ2) is 7.92. The molecule has 3 rings (SSSR count). The summed E-state index contributed by atoms with van der Waals surface area (Å²) in [5, 5.41) is 10.7. The second-order valence-electron chi connectivity index (χ2n) is 5.37. The first-order valence-electron chi connectivity index (χ1n) is 8.02. The van der Waals surface area contributed by atoms with Crippen LogP contribution in [-0.2, 0) is 9.53 Å². The number of hydrogen-bond acceptors (Lipinski definition) is 6. The zero-order valence-corrected chi connectivity index (χ0v) is 15.0. The summed E-state index contributed by atoms with van der Waals surface area (Å²) in [6, 6.07) is 11.2. The predicted octanol–water partition coefficient (Wildman–Crippen LogP) is 3.04. The Kier molecular flexibility index (Phi) is 5.42. The van der Waals surface area contributed by atoms with Crippen molar-refractivity contribution in [3.05, 3.63) is 75.4 Å². The lowest BCUT2D eigenvalue weighted by atomic mass is 10.2. The van der Waals surface area contributed by atoms with Gasteiger partial charge in [-0.05, 0) is 43.3 Å². The minimum Gasteiger partial charge on any atom is -0.493 e. The molecule has 0 fully saturated rings. The van der Waals surface area contributed by atoms with Gasteiger partial charge in [0, 0.05) is 17.3 Å². The van der Waals surface area contributed by atoms with E-state index in [1.54, 1.807) is 49.4 Å². The summed E-state index contributed by atoms with van der Waals surface area (Å²) < 4.78 is 11.8. The number of benzene rings is 1. The molecule has 0 aliphatic heterocycles. The Balaban J connectivity index is 2.10. The van der Waals surface area contributed by atoms with Gasteiger partial charge in [0.1, 0.15) is 17.0 Å². The lowest BCUT2D eigenvalue weighted by Gasteiger charge is -2.10. The zero-order valence-electron chi connectivity index (χ0n) is 14.3. The minimum atomic E-state index is -0.788. The summed E-state index contributed by atoms with van der Waals surface area (Å²) in [6.07, 6.45) is 2.61. The second-order valence-corrected chi connectivity index (χ2v) is 5.80. The van der Waals surface area contributed by atoms with Crippen molar-refractivity contribution in [2.75, 3.05) is 6.61 Å². The summed E-state index contributed by atoms with van der Waals surface area (Å²) in [4.78, 5) is 28.9. The lowest BCUT2D eigenvalue weighted by Crippen LogP contribution is -2.19. The van der Waals surface area contributed by atoms with Gasteiger partial charge in [0.05, 0.1) is 6.61 Å².